The summed E-state index contributed by atoms with van der Waals surface area (Å²) >= 11 is 9.24. The molecule has 1 fully saturated rings. The fraction of sp³-hybridized carbons (Fsp3) is 0.429. The number of carbonyl (C=O) groups is 2. The lowest BCUT2D eigenvalue weighted by Gasteiger charge is -2.37. The van der Waals surface area contributed by atoms with Crippen LogP contribution in [0.3, 0.4) is 0 Å². The van der Waals surface area contributed by atoms with Crippen LogP contribution in [0.1, 0.15) is 30.1 Å². The first-order valence-corrected chi connectivity index (χ1v) is 7.62. The van der Waals surface area contributed by atoms with E-state index in [1.54, 1.807) is 23.1 Å². The summed E-state index contributed by atoms with van der Waals surface area (Å²) in [6, 6.07) is 5.17. The van der Waals surface area contributed by atoms with Gasteiger partial charge in [0.25, 0.3) is 5.91 Å². The van der Waals surface area contributed by atoms with E-state index < -0.39 is 0 Å². The van der Waals surface area contributed by atoms with Crippen molar-refractivity contribution in [3.05, 3.63) is 33.3 Å². The Morgan fingerprint density at radius 1 is 1.40 bits per heavy atom. The number of halogens is 2. The highest BCUT2D eigenvalue weighted by Crippen LogP contribution is 2.27. The molecule has 1 aromatic carbocycles. The summed E-state index contributed by atoms with van der Waals surface area (Å²) in [5.74, 6) is -0.696. The van der Waals surface area contributed by atoms with E-state index in [0.29, 0.717) is 21.6 Å². The molecule has 1 heterocycles. The van der Waals surface area contributed by atoms with Gasteiger partial charge in [0.05, 0.1) is 10.9 Å². The van der Waals surface area contributed by atoms with Gasteiger partial charge in [-0.05, 0) is 53.9 Å². The van der Waals surface area contributed by atoms with Gasteiger partial charge in [0.15, 0.2) is 0 Å². The van der Waals surface area contributed by atoms with Crippen molar-refractivity contribution in [2.24, 2.45) is 11.7 Å². The Balaban J connectivity index is 2.21. The van der Waals surface area contributed by atoms with E-state index in [1.165, 1.54) is 0 Å². The van der Waals surface area contributed by atoms with Gasteiger partial charge >= 0.3 is 0 Å². The second-order valence-corrected chi connectivity index (χ2v) is 6.37. The fourth-order valence-electron chi connectivity index (χ4n) is 2.42. The molecule has 1 aromatic rings. The minimum Gasteiger partial charge on any atom is -0.369 e. The van der Waals surface area contributed by atoms with Gasteiger partial charge in [-0.1, -0.05) is 11.6 Å². The molecule has 2 amide bonds. The van der Waals surface area contributed by atoms with Crippen LogP contribution in [-0.4, -0.2) is 29.3 Å². The van der Waals surface area contributed by atoms with Crippen molar-refractivity contribution in [3.63, 3.8) is 0 Å². The highest BCUT2D eigenvalue weighted by atomic mass is 79.9. The van der Waals surface area contributed by atoms with Crippen LogP contribution in [-0.2, 0) is 4.79 Å². The number of piperidine rings is 1. The van der Waals surface area contributed by atoms with Gasteiger partial charge < -0.3 is 10.6 Å². The molecule has 1 aliphatic rings. The molecule has 1 saturated heterocycles. The summed E-state index contributed by atoms with van der Waals surface area (Å²) in [6.07, 6.45) is 1.53. The molecule has 4 nitrogen and oxygen atoms in total. The lowest BCUT2D eigenvalue weighted by molar-refractivity contribution is -0.123. The maximum Gasteiger partial charge on any atom is 0.254 e. The van der Waals surface area contributed by atoms with E-state index in [9.17, 15) is 9.59 Å². The average Bonchev–Trinajstić information content (AvgIpc) is 2.41. The van der Waals surface area contributed by atoms with E-state index in [0.717, 1.165) is 12.8 Å². The van der Waals surface area contributed by atoms with Crippen LogP contribution in [0.4, 0.5) is 0 Å². The molecule has 108 valence electrons. The first-order chi connectivity index (χ1) is 9.40. The first-order valence-electron chi connectivity index (χ1n) is 6.45. The molecule has 2 N–H and O–H groups in total. The zero-order valence-corrected chi connectivity index (χ0v) is 13.4. The topological polar surface area (TPSA) is 63.4 Å². The number of nitrogens with zero attached hydrogens (tertiary/aromatic N) is 1. The molecule has 2 unspecified atom stereocenters. The maximum absolute atomic E-state index is 12.6. The number of nitrogens with two attached hydrogens (primary N) is 1. The summed E-state index contributed by atoms with van der Waals surface area (Å²) < 4.78 is 0.682. The zero-order valence-electron chi connectivity index (χ0n) is 11.1. The largest absolute Gasteiger partial charge is 0.369 e. The smallest absolute Gasteiger partial charge is 0.254 e. The van der Waals surface area contributed by atoms with Crippen molar-refractivity contribution < 1.29 is 9.59 Å². The second kappa shape index (κ2) is 6.14. The number of primary amides is 1. The molecule has 0 aromatic heterocycles. The molecule has 6 heteroatoms. The molecular formula is C14H16BrClN2O2. The number of carbonyl (C=O) groups excluding carboxylic acids is 2. The van der Waals surface area contributed by atoms with Crippen LogP contribution in [0.2, 0.25) is 5.02 Å². The van der Waals surface area contributed by atoms with Gasteiger partial charge in [-0.3, -0.25) is 9.59 Å². The SMILES string of the molecule is CC1CCC(C(N)=O)CN1C(=O)c1ccc(Cl)c(Br)c1. The Morgan fingerprint density at radius 3 is 2.70 bits per heavy atom. The minimum atomic E-state index is -0.341. The van der Waals surface area contributed by atoms with Crippen LogP contribution in [0, 0.1) is 5.92 Å². The number of benzene rings is 1. The number of hydrogen-bond donors (Lipinski definition) is 1. The Bertz CT molecular complexity index is 550. The van der Waals surface area contributed by atoms with E-state index in [2.05, 4.69) is 15.9 Å². The molecule has 20 heavy (non-hydrogen) atoms. The number of likely N-dealkylation sites (tertiary alicyclic amines) is 1. The quantitative estimate of drug-likeness (QED) is 0.882. The van der Waals surface area contributed by atoms with Crippen molar-refractivity contribution in [2.75, 3.05) is 6.54 Å². The van der Waals surface area contributed by atoms with Gasteiger partial charge in [0.2, 0.25) is 5.91 Å². The van der Waals surface area contributed by atoms with Crippen LogP contribution in [0.5, 0.6) is 0 Å². The van der Waals surface area contributed by atoms with Crippen LogP contribution in [0.15, 0.2) is 22.7 Å². The molecule has 2 atom stereocenters. The monoisotopic (exact) mass is 358 g/mol. The van der Waals surface area contributed by atoms with E-state index in [4.69, 9.17) is 17.3 Å². The van der Waals surface area contributed by atoms with Gasteiger partial charge in [-0.2, -0.15) is 0 Å². The fourth-order valence-corrected chi connectivity index (χ4v) is 2.91. The Hall–Kier alpha value is -1.07. The molecular weight excluding hydrogens is 344 g/mol. The normalized spacial score (nSPS) is 22.6. The highest BCUT2D eigenvalue weighted by molar-refractivity contribution is 9.10. The molecule has 0 saturated carbocycles. The van der Waals surface area contributed by atoms with Crippen LogP contribution in [0.25, 0.3) is 0 Å². The zero-order chi connectivity index (χ0) is 14.9. The summed E-state index contributed by atoms with van der Waals surface area (Å²) in [5.41, 5.74) is 5.91. The second-order valence-electron chi connectivity index (χ2n) is 5.11. The summed E-state index contributed by atoms with van der Waals surface area (Å²) in [4.78, 5) is 25.6. The third-order valence-corrected chi connectivity index (χ3v) is 4.93. The van der Waals surface area contributed by atoms with E-state index in [1.807, 2.05) is 6.92 Å². The van der Waals surface area contributed by atoms with Gasteiger partial charge in [0.1, 0.15) is 0 Å². The molecule has 0 bridgehead atoms. The molecule has 1 aliphatic heterocycles. The number of rotatable bonds is 2. The average molecular weight is 360 g/mol. The van der Waals surface area contributed by atoms with Crippen LogP contribution >= 0.6 is 27.5 Å². The third-order valence-electron chi connectivity index (χ3n) is 3.71. The molecule has 0 aliphatic carbocycles. The van der Waals surface area contributed by atoms with Crippen molar-refractivity contribution >= 4 is 39.3 Å². The van der Waals surface area contributed by atoms with Crippen molar-refractivity contribution in [2.45, 2.75) is 25.8 Å². The Morgan fingerprint density at radius 2 is 2.10 bits per heavy atom. The predicted octanol–water partition coefficient (Wildman–Crippen LogP) is 2.83. The lowest BCUT2D eigenvalue weighted by Crippen LogP contribution is -2.48. The van der Waals surface area contributed by atoms with Crippen molar-refractivity contribution in [1.82, 2.24) is 4.90 Å². The van der Waals surface area contributed by atoms with Crippen molar-refractivity contribution in [3.8, 4) is 0 Å². The van der Waals surface area contributed by atoms with E-state index >= 15 is 0 Å². The maximum atomic E-state index is 12.6. The van der Waals surface area contributed by atoms with Gasteiger partial charge in [0, 0.05) is 22.6 Å². The Kier molecular flexibility index (Phi) is 4.70. The van der Waals surface area contributed by atoms with Gasteiger partial charge in [-0.15, -0.1) is 0 Å². The highest BCUT2D eigenvalue weighted by Gasteiger charge is 2.32. The Labute approximate surface area is 131 Å². The standard InChI is InChI=1S/C14H16BrClN2O2/c1-8-2-3-10(13(17)19)7-18(8)14(20)9-4-5-12(16)11(15)6-9/h4-6,8,10H,2-3,7H2,1H3,(H2,17,19). The lowest BCUT2D eigenvalue weighted by atomic mass is 9.92. The summed E-state index contributed by atoms with van der Waals surface area (Å²) in [7, 11) is 0. The summed E-state index contributed by atoms with van der Waals surface area (Å²) in [5, 5.41) is 0.559. The molecule has 0 spiro atoms. The molecule has 2 rings (SSSR count). The first kappa shape index (κ1) is 15.3. The summed E-state index contributed by atoms with van der Waals surface area (Å²) in [6.45, 7) is 2.37. The van der Waals surface area contributed by atoms with Crippen LogP contribution < -0.4 is 5.73 Å². The third kappa shape index (κ3) is 3.15. The number of amides is 2. The number of hydrogen-bond acceptors (Lipinski definition) is 2. The van der Waals surface area contributed by atoms with E-state index in [-0.39, 0.29) is 23.8 Å². The molecule has 0 radical (unpaired) electrons. The minimum absolute atomic E-state index is 0.0965. The predicted molar refractivity (Wildman–Crippen MR) is 81.6 cm³/mol. The van der Waals surface area contributed by atoms with Crippen molar-refractivity contribution in [1.29, 1.82) is 0 Å². The van der Waals surface area contributed by atoms with Gasteiger partial charge in [-0.25, -0.2) is 0 Å².